The van der Waals surface area contributed by atoms with Crippen molar-refractivity contribution in [2.24, 2.45) is 0 Å². The highest BCUT2D eigenvalue weighted by Crippen LogP contribution is 2.27. The smallest absolute Gasteiger partial charge is 0.165 e. The SMILES string of the molecule is O=C(CCC1CCCCO1)c1c[nH]c2c(Cl)cccc12. The van der Waals surface area contributed by atoms with Crippen molar-refractivity contribution in [2.75, 3.05) is 6.61 Å². The zero-order chi connectivity index (χ0) is 13.9. The normalized spacial score (nSPS) is 19.4. The Morgan fingerprint density at radius 1 is 1.40 bits per heavy atom. The lowest BCUT2D eigenvalue weighted by atomic mass is 10.00. The van der Waals surface area contributed by atoms with Crippen molar-refractivity contribution in [1.82, 2.24) is 4.98 Å². The van der Waals surface area contributed by atoms with Gasteiger partial charge in [-0.3, -0.25) is 4.79 Å². The van der Waals surface area contributed by atoms with Crippen LogP contribution in [0.4, 0.5) is 0 Å². The molecule has 0 aliphatic carbocycles. The maximum Gasteiger partial charge on any atom is 0.165 e. The Balaban J connectivity index is 1.71. The summed E-state index contributed by atoms with van der Waals surface area (Å²) < 4.78 is 5.67. The molecule has 1 fully saturated rings. The van der Waals surface area contributed by atoms with Crippen LogP contribution in [-0.4, -0.2) is 23.5 Å². The number of aromatic amines is 1. The van der Waals surface area contributed by atoms with Crippen LogP contribution < -0.4 is 0 Å². The first-order valence-corrected chi connectivity index (χ1v) is 7.54. The molecule has 0 amide bonds. The highest BCUT2D eigenvalue weighted by molar-refractivity contribution is 6.35. The minimum atomic E-state index is 0.160. The summed E-state index contributed by atoms with van der Waals surface area (Å²) in [4.78, 5) is 15.4. The summed E-state index contributed by atoms with van der Waals surface area (Å²) in [6.07, 6.45) is 6.79. The summed E-state index contributed by atoms with van der Waals surface area (Å²) in [7, 11) is 0. The van der Waals surface area contributed by atoms with Gasteiger partial charge in [0.25, 0.3) is 0 Å². The first kappa shape index (κ1) is 13.7. The number of Topliss-reactive ketones (excluding diaryl/α,β-unsaturated/α-hetero) is 1. The van der Waals surface area contributed by atoms with Crippen molar-refractivity contribution in [1.29, 1.82) is 0 Å². The van der Waals surface area contributed by atoms with Crippen molar-refractivity contribution in [3.63, 3.8) is 0 Å². The van der Waals surface area contributed by atoms with E-state index in [2.05, 4.69) is 4.98 Å². The van der Waals surface area contributed by atoms with Crippen LogP contribution in [0.3, 0.4) is 0 Å². The molecule has 2 heterocycles. The molecule has 1 atom stereocenters. The van der Waals surface area contributed by atoms with Gasteiger partial charge in [-0.2, -0.15) is 0 Å². The van der Waals surface area contributed by atoms with E-state index in [4.69, 9.17) is 16.3 Å². The van der Waals surface area contributed by atoms with Gasteiger partial charge in [0.1, 0.15) is 0 Å². The third kappa shape index (κ3) is 2.74. The number of para-hydroxylation sites is 1. The van der Waals surface area contributed by atoms with Crippen LogP contribution in [0.25, 0.3) is 10.9 Å². The number of hydrogen-bond acceptors (Lipinski definition) is 2. The number of ketones is 1. The molecule has 1 aromatic heterocycles. The van der Waals surface area contributed by atoms with Gasteiger partial charge in [0.05, 0.1) is 16.6 Å². The molecule has 0 radical (unpaired) electrons. The molecular formula is C16H18ClNO2. The zero-order valence-corrected chi connectivity index (χ0v) is 12.1. The lowest BCUT2D eigenvalue weighted by Gasteiger charge is -2.22. The molecule has 0 saturated carbocycles. The van der Waals surface area contributed by atoms with Crippen molar-refractivity contribution >= 4 is 28.3 Å². The molecule has 1 aliphatic heterocycles. The van der Waals surface area contributed by atoms with Gasteiger partial charge in [0, 0.05) is 30.2 Å². The Kier molecular flexibility index (Phi) is 4.08. The minimum absolute atomic E-state index is 0.160. The Morgan fingerprint density at radius 3 is 3.10 bits per heavy atom. The van der Waals surface area contributed by atoms with E-state index in [1.165, 1.54) is 6.42 Å². The van der Waals surface area contributed by atoms with E-state index in [0.717, 1.165) is 42.3 Å². The number of nitrogens with one attached hydrogen (secondary N) is 1. The second-order valence-corrected chi connectivity index (χ2v) is 5.72. The maximum atomic E-state index is 12.4. The maximum absolute atomic E-state index is 12.4. The Morgan fingerprint density at radius 2 is 2.30 bits per heavy atom. The summed E-state index contributed by atoms with van der Waals surface area (Å²) in [6.45, 7) is 0.835. The average Bonchev–Trinajstić information content (AvgIpc) is 2.91. The summed E-state index contributed by atoms with van der Waals surface area (Å²) >= 11 is 6.11. The minimum Gasteiger partial charge on any atom is -0.378 e. The van der Waals surface area contributed by atoms with Crippen LogP contribution in [0, 0.1) is 0 Å². The summed E-state index contributed by atoms with van der Waals surface area (Å²) in [6, 6.07) is 5.63. The number of halogens is 1. The number of aromatic nitrogens is 1. The molecule has 106 valence electrons. The summed E-state index contributed by atoms with van der Waals surface area (Å²) in [5.74, 6) is 0.160. The van der Waals surface area contributed by atoms with E-state index in [1.807, 2.05) is 18.2 Å². The Bertz CT molecular complexity index is 614. The lowest BCUT2D eigenvalue weighted by molar-refractivity contribution is 0.0104. The van der Waals surface area contributed by atoms with Crippen LogP contribution in [0.1, 0.15) is 42.5 Å². The molecule has 3 rings (SSSR count). The predicted molar refractivity (Wildman–Crippen MR) is 80.5 cm³/mol. The van der Waals surface area contributed by atoms with Crippen LogP contribution >= 0.6 is 11.6 Å². The first-order chi connectivity index (χ1) is 9.75. The second kappa shape index (κ2) is 5.98. The molecule has 1 N–H and O–H groups in total. The van der Waals surface area contributed by atoms with E-state index in [1.54, 1.807) is 6.20 Å². The van der Waals surface area contributed by atoms with Gasteiger partial charge in [0.2, 0.25) is 0 Å². The fourth-order valence-corrected chi connectivity index (χ4v) is 3.04. The molecule has 1 aromatic carbocycles. The average molecular weight is 292 g/mol. The highest BCUT2D eigenvalue weighted by Gasteiger charge is 2.18. The van der Waals surface area contributed by atoms with E-state index < -0.39 is 0 Å². The molecule has 2 aromatic rings. The number of carbonyl (C=O) groups is 1. The fourth-order valence-electron chi connectivity index (χ4n) is 2.81. The Hall–Kier alpha value is -1.32. The molecule has 1 aliphatic rings. The molecule has 1 saturated heterocycles. The van der Waals surface area contributed by atoms with Crippen molar-refractivity contribution in [3.05, 3.63) is 35.0 Å². The molecule has 1 unspecified atom stereocenters. The fraction of sp³-hybridized carbons (Fsp3) is 0.438. The Labute approximate surface area is 123 Å². The van der Waals surface area contributed by atoms with Gasteiger partial charge in [0.15, 0.2) is 5.78 Å². The largest absolute Gasteiger partial charge is 0.378 e. The number of ether oxygens (including phenoxy) is 1. The topological polar surface area (TPSA) is 42.1 Å². The standard InChI is InChI=1S/C16H18ClNO2/c17-14-6-3-5-12-13(10-18-16(12)14)15(19)8-7-11-4-1-2-9-20-11/h3,5-6,10-11,18H,1-2,4,7-9H2. The summed E-state index contributed by atoms with van der Waals surface area (Å²) in [5, 5.41) is 1.56. The van der Waals surface area contributed by atoms with Gasteiger partial charge in [-0.1, -0.05) is 23.7 Å². The third-order valence-corrected chi connectivity index (χ3v) is 4.25. The van der Waals surface area contributed by atoms with E-state index >= 15 is 0 Å². The number of carbonyl (C=O) groups excluding carboxylic acids is 1. The predicted octanol–water partition coefficient (Wildman–Crippen LogP) is 4.35. The number of rotatable bonds is 4. The summed E-state index contributed by atoms with van der Waals surface area (Å²) in [5.41, 5.74) is 1.57. The second-order valence-electron chi connectivity index (χ2n) is 5.32. The van der Waals surface area contributed by atoms with Gasteiger partial charge in [-0.15, -0.1) is 0 Å². The number of H-pyrrole nitrogens is 1. The molecule has 0 bridgehead atoms. The molecule has 3 nitrogen and oxygen atoms in total. The van der Waals surface area contributed by atoms with Crippen LogP contribution in [0.15, 0.2) is 24.4 Å². The number of benzene rings is 1. The van der Waals surface area contributed by atoms with E-state index in [9.17, 15) is 4.79 Å². The van der Waals surface area contributed by atoms with Crippen LogP contribution in [0.2, 0.25) is 5.02 Å². The van der Waals surface area contributed by atoms with E-state index in [0.29, 0.717) is 11.4 Å². The van der Waals surface area contributed by atoms with E-state index in [-0.39, 0.29) is 11.9 Å². The first-order valence-electron chi connectivity index (χ1n) is 7.16. The van der Waals surface area contributed by atoms with Gasteiger partial charge in [-0.25, -0.2) is 0 Å². The van der Waals surface area contributed by atoms with Crippen LogP contribution in [-0.2, 0) is 4.74 Å². The van der Waals surface area contributed by atoms with Crippen molar-refractivity contribution in [2.45, 2.75) is 38.2 Å². The molecule has 0 spiro atoms. The van der Waals surface area contributed by atoms with Crippen molar-refractivity contribution < 1.29 is 9.53 Å². The highest BCUT2D eigenvalue weighted by atomic mass is 35.5. The zero-order valence-electron chi connectivity index (χ0n) is 11.3. The van der Waals surface area contributed by atoms with Gasteiger partial charge >= 0.3 is 0 Å². The molecule has 4 heteroatoms. The number of fused-ring (bicyclic) bond motifs is 1. The number of hydrogen-bond donors (Lipinski definition) is 1. The molecule has 20 heavy (non-hydrogen) atoms. The van der Waals surface area contributed by atoms with Gasteiger partial charge in [-0.05, 0) is 31.7 Å². The molecular weight excluding hydrogens is 274 g/mol. The quantitative estimate of drug-likeness (QED) is 0.851. The lowest BCUT2D eigenvalue weighted by Crippen LogP contribution is -2.19. The third-order valence-electron chi connectivity index (χ3n) is 3.93. The van der Waals surface area contributed by atoms with Gasteiger partial charge < -0.3 is 9.72 Å². The van der Waals surface area contributed by atoms with Crippen LogP contribution in [0.5, 0.6) is 0 Å². The van der Waals surface area contributed by atoms with Crippen molar-refractivity contribution in [3.8, 4) is 0 Å². The monoisotopic (exact) mass is 291 g/mol.